The van der Waals surface area contributed by atoms with Gasteiger partial charge in [0.05, 0.1) is 11.3 Å². The van der Waals surface area contributed by atoms with Crippen LogP contribution >= 0.6 is 0 Å². The van der Waals surface area contributed by atoms with Crippen molar-refractivity contribution in [3.05, 3.63) is 60.2 Å². The van der Waals surface area contributed by atoms with E-state index in [-0.39, 0.29) is 16.4 Å². The molecule has 0 heterocycles. The quantitative estimate of drug-likeness (QED) is 0.816. The fourth-order valence-corrected chi connectivity index (χ4v) is 3.76. The summed E-state index contributed by atoms with van der Waals surface area (Å²) in [5.41, 5.74) is 0.706. The van der Waals surface area contributed by atoms with E-state index < -0.39 is 10.0 Å². The molecule has 1 N–H and O–H groups in total. The third-order valence-corrected chi connectivity index (χ3v) is 5.76. The van der Waals surface area contributed by atoms with Crippen LogP contribution in [0.4, 0.5) is 5.69 Å². The number of carbonyl (C=O) groups is 1. The Kier molecular flexibility index (Phi) is 6.17. The van der Waals surface area contributed by atoms with Crippen molar-refractivity contribution in [2.45, 2.75) is 4.90 Å². The maximum Gasteiger partial charge on any atom is 0.264 e. The van der Waals surface area contributed by atoms with Gasteiger partial charge >= 0.3 is 0 Å². The summed E-state index contributed by atoms with van der Waals surface area (Å²) >= 11 is 0. The second-order valence-electron chi connectivity index (χ2n) is 5.63. The molecule has 0 aliphatic rings. The van der Waals surface area contributed by atoms with Crippen LogP contribution in [0.2, 0.25) is 0 Å². The number of rotatable bonds is 7. The molecule has 0 bridgehead atoms. The van der Waals surface area contributed by atoms with Gasteiger partial charge in [0.25, 0.3) is 15.9 Å². The number of carbonyl (C=O) groups excluding carboxylic acids is 1. The first kappa shape index (κ1) is 19.0. The molecule has 2 aromatic carbocycles. The lowest BCUT2D eigenvalue weighted by Gasteiger charge is -2.23. The van der Waals surface area contributed by atoms with Crippen LogP contribution < -0.4 is 9.62 Å². The zero-order valence-electron chi connectivity index (χ0n) is 14.6. The number of anilines is 1. The zero-order valence-corrected chi connectivity index (χ0v) is 15.5. The molecule has 1 amide bonds. The van der Waals surface area contributed by atoms with Crippen LogP contribution in [0.5, 0.6) is 0 Å². The van der Waals surface area contributed by atoms with E-state index in [4.69, 9.17) is 0 Å². The predicted molar refractivity (Wildman–Crippen MR) is 99.4 cm³/mol. The molecular formula is C18H23N3O3S. The summed E-state index contributed by atoms with van der Waals surface area (Å²) in [7, 11) is 1.09. The molecule has 0 aliphatic heterocycles. The Morgan fingerprint density at radius 1 is 1.00 bits per heavy atom. The first-order valence-electron chi connectivity index (χ1n) is 7.92. The lowest BCUT2D eigenvalue weighted by Crippen LogP contribution is -2.35. The van der Waals surface area contributed by atoms with Crippen LogP contribution in [0.15, 0.2) is 59.5 Å². The van der Waals surface area contributed by atoms with E-state index in [9.17, 15) is 13.2 Å². The number of nitrogens with one attached hydrogen (secondary N) is 1. The van der Waals surface area contributed by atoms with Gasteiger partial charge in [-0.3, -0.25) is 9.10 Å². The molecule has 0 fully saturated rings. The summed E-state index contributed by atoms with van der Waals surface area (Å²) < 4.78 is 27.3. The Bertz CT molecular complexity index is 822. The average Bonchev–Trinajstić information content (AvgIpc) is 2.65. The van der Waals surface area contributed by atoms with Gasteiger partial charge in [0.1, 0.15) is 4.90 Å². The Balaban J connectivity index is 2.41. The molecule has 6 nitrogen and oxygen atoms in total. The number of sulfonamides is 1. The van der Waals surface area contributed by atoms with Crippen LogP contribution in [-0.4, -0.2) is 53.5 Å². The van der Waals surface area contributed by atoms with Gasteiger partial charge in [-0.2, -0.15) is 0 Å². The number of hydrogen-bond acceptors (Lipinski definition) is 4. The van der Waals surface area contributed by atoms with E-state index >= 15 is 0 Å². The van der Waals surface area contributed by atoms with Crippen molar-refractivity contribution in [2.24, 2.45) is 0 Å². The minimum absolute atomic E-state index is 0.00246. The normalized spacial score (nSPS) is 11.2. The maximum atomic E-state index is 13.0. The zero-order chi connectivity index (χ0) is 18.4. The highest BCUT2D eigenvalue weighted by Crippen LogP contribution is 2.25. The highest BCUT2D eigenvalue weighted by molar-refractivity contribution is 7.92. The number of likely N-dealkylation sites (N-methyl/N-ethyl adjacent to an activating group) is 2. The summed E-state index contributed by atoms with van der Waals surface area (Å²) in [5.74, 6) is -0.323. The lowest BCUT2D eigenvalue weighted by atomic mass is 10.2. The smallest absolute Gasteiger partial charge is 0.264 e. The van der Waals surface area contributed by atoms with E-state index in [2.05, 4.69) is 5.32 Å². The van der Waals surface area contributed by atoms with Crippen molar-refractivity contribution in [3.8, 4) is 0 Å². The van der Waals surface area contributed by atoms with Gasteiger partial charge in [-0.25, -0.2) is 8.42 Å². The van der Waals surface area contributed by atoms with Crippen LogP contribution in [0.25, 0.3) is 0 Å². The number of nitrogens with zero attached hydrogens (tertiary/aromatic N) is 2. The minimum Gasteiger partial charge on any atom is -0.340 e. The van der Waals surface area contributed by atoms with Gasteiger partial charge in [-0.05, 0) is 31.3 Å². The average molecular weight is 361 g/mol. The van der Waals surface area contributed by atoms with Crippen molar-refractivity contribution >= 4 is 21.6 Å². The number of para-hydroxylation sites is 1. The van der Waals surface area contributed by atoms with Crippen LogP contribution in [0, 0.1) is 0 Å². The molecule has 0 saturated carbocycles. The molecule has 2 aromatic rings. The fourth-order valence-electron chi connectivity index (χ4n) is 2.38. The number of hydrogen-bond donors (Lipinski definition) is 1. The topological polar surface area (TPSA) is 69.7 Å². The van der Waals surface area contributed by atoms with Gasteiger partial charge in [-0.1, -0.05) is 30.3 Å². The molecule has 0 saturated heterocycles. The second kappa shape index (κ2) is 8.13. The Hall–Kier alpha value is -2.38. The maximum absolute atomic E-state index is 13.0. The van der Waals surface area contributed by atoms with Gasteiger partial charge in [0.2, 0.25) is 0 Å². The first-order chi connectivity index (χ1) is 11.9. The molecule has 0 aromatic heterocycles. The van der Waals surface area contributed by atoms with Crippen molar-refractivity contribution in [2.75, 3.05) is 38.5 Å². The molecule has 0 atom stereocenters. The van der Waals surface area contributed by atoms with E-state index in [1.165, 1.54) is 22.3 Å². The van der Waals surface area contributed by atoms with Crippen molar-refractivity contribution < 1.29 is 13.2 Å². The number of benzene rings is 2. The van der Waals surface area contributed by atoms with Crippen LogP contribution in [0.1, 0.15) is 10.4 Å². The highest BCUT2D eigenvalue weighted by Gasteiger charge is 2.27. The standard InChI is InChI=1S/C18H23N3O3S/c1-19-13-14-20(2)18(22)16-11-7-8-12-17(16)25(23,24)21(3)15-9-5-4-6-10-15/h4-12,19H,13-14H2,1-3H3. The Morgan fingerprint density at radius 3 is 2.24 bits per heavy atom. The predicted octanol–water partition coefficient (Wildman–Crippen LogP) is 1.80. The molecule has 134 valence electrons. The largest absolute Gasteiger partial charge is 0.340 e. The van der Waals surface area contributed by atoms with Crippen molar-refractivity contribution in [1.82, 2.24) is 10.2 Å². The summed E-state index contributed by atoms with van der Waals surface area (Å²) in [4.78, 5) is 14.2. The first-order valence-corrected chi connectivity index (χ1v) is 9.36. The molecular weight excluding hydrogens is 338 g/mol. The van der Waals surface area contributed by atoms with Crippen molar-refractivity contribution in [1.29, 1.82) is 0 Å². The van der Waals surface area contributed by atoms with E-state index in [1.807, 2.05) is 6.07 Å². The third-order valence-electron chi connectivity index (χ3n) is 3.92. The molecule has 0 spiro atoms. The van der Waals surface area contributed by atoms with Gasteiger partial charge in [0, 0.05) is 27.2 Å². The molecule has 25 heavy (non-hydrogen) atoms. The molecule has 7 heteroatoms. The molecule has 0 aliphatic carbocycles. The summed E-state index contributed by atoms with van der Waals surface area (Å²) in [5, 5.41) is 2.97. The third kappa shape index (κ3) is 4.18. The van der Waals surface area contributed by atoms with E-state index in [1.54, 1.807) is 56.6 Å². The number of amides is 1. The fraction of sp³-hybridized carbons (Fsp3) is 0.278. The van der Waals surface area contributed by atoms with E-state index in [0.717, 1.165) is 0 Å². The Morgan fingerprint density at radius 2 is 1.60 bits per heavy atom. The van der Waals surface area contributed by atoms with Crippen molar-refractivity contribution in [3.63, 3.8) is 0 Å². The lowest BCUT2D eigenvalue weighted by molar-refractivity contribution is 0.0793. The van der Waals surface area contributed by atoms with Crippen LogP contribution in [-0.2, 0) is 10.0 Å². The minimum atomic E-state index is -3.85. The van der Waals surface area contributed by atoms with Gasteiger partial charge in [0.15, 0.2) is 0 Å². The van der Waals surface area contributed by atoms with Crippen LogP contribution in [0.3, 0.4) is 0 Å². The second-order valence-corrected chi connectivity index (χ2v) is 7.57. The van der Waals surface area contributed by atoms with Gasteiger partial charge in [-0.15, -0.1) is 0 Å². The van der Waals surface area contributed by atoms with E-state index in [0.29, 0.717) is 18.8 Å². The SMILES string of the molecule is CNCCN(C)C(=O)c1ccccc1S(=O)(=O)N(C)c1ccccc1. The monoisotopic (exact) mass is 361 g/mol. The summed E-state index contributed by atoms with van der Waals surface area (Å²) in [6.07, 6.45) is 0. The highest BCUT2D eigenvalue weighted by atomic mass is 32.2. The molecule has 0 radical (unpaired) electrons. The molecule has 0 unspecified atom stereocenters. The molecule has 2 rings (SSSR count). The van der Waals surface area contributed by atoms with Gasteiger partial charge < -0.3 is 10.2 Å². The summed E-state index contributed by atoms with van der Waals surface area (Å²) in [6.45, 7) is 1.11. The summed E-state index contributed by atoms with van der Waals surface area (Å²) in [6, 6.07) is 15.1. The Labute approximate surface area is 149 Å².